The number of carbonyl (C=O) groups is 1. The van der Waals surface area contributed by atoms with E-state index in [1.807, 2.05) is 0 Å². The van der Waals surface area contributed by atoms with Crippen LogP contribution in [0, 0.1) is 0 Å². The summed E-state index contributed by atoms with van der Waals surface area (Å²) in [6.45, 7) is 2.00. The third-order valence-corrected chi connectivity index (χ3v) is 6.84. The van der Waals surface area contributed by atoms with Gasteiger partial charge < -0.3 is 14.7 Å². The second-order valence-corrected chi connectivity index (χ2v) is 10.2. The summed E-state index contributed by atoms with van der Waals surface area (Å²) in [5, 5.41) is 0.524. The molecule has 0 aliphatic carbocycles. The Labute approximate surface area is 174 Å². The number of benzene rings is 2. The molecule has 1 unspecified atom stereocenters. The van der Waals surface area contributed by atoms with Crippen molar-refractivity contribution in [3.05, 3.63) is 52.0 Å². The van der Waals surface area contributed by atoms with Crippen molar-refractivity contribution in [1.82, 2.24) is 0 Å². The van der Waals surface area contributed by atoms with Gasteiger partial charge in [0, 0.05) is 29.2 Å². The highest BCUT2D eigenvalue weighted by Crippen LogP contribution is 2.40. The molecule has 2 N–H and O–H groups in total. The second kappa shape index (κ2) is 8.14. The first-order valence-electron chi connectivity index (χ1n) is 8.16. The summed E-state index contributed by atoms with van der Waals surface area (Å²) in [4.78, 5) is 32.5. The van der Waals surface area contributed by atoms with Crippen LogP contribution in [0.4, 0.5) is 11.4 Å². The maximum atomic E-state index is 13.1. The minimum atomic E-state index is -4.53. The predicted molar refractivity (Wildman–Crippen MR) is 110 cm³/mol. The minimum Gasteiger partial charge on any atom is -0.323 e. The van der Waals surface area contributed by atoms with Gasteiger partial charge in [0.1, 0.15) is 6.29 Å². The van der Waals surface area contributed by atoms with Gasteiger partial charge in [-0.1, -0.05) is 23.2 Å². The zero-order valence-electron chi connectivity index (χ0n) is 14.7. The second-order valence-electron chi connectivity index (χ2n) is 6.27. The summed E-state index contributed by atoms with van der Waals surface area (Å²) in [6.07, 6.45) is -0.152. The minimum absolute atomic E-state index is 0.0873. The third kappa shape index (κ3) is 4.76. The van der Waals surface area contributed by atoms with Gasteiger partial charge in [0.15, 0.2) is 11.0 Å². The van der Waals surface area contributed by atoms with Crippen molar-refractivity contribution in [2.75, 3.05) is 22.0 Å². The molecule has 3 rings (SSSR count). The number of halogens is 2. The summed E-state index contributed by atoms with van der Waals surface area (Å²) in [5.41, 5.74) is 1.94. The van der Waals surface area contributed by atoms with Gasteiger partial charge in [-0.25, -0.2) is 4.21 Å². The van der Waals surface area contributed by atoms with Crippen molar-refractivity contribution < 1.29 is 23.4 Å². The van der Waals surface area contributed by atoms with Crippen molar-refractivity contribution in [3.63, 3.8) is 0 Å². The third-order valence-electron chi connectivity index (χ3n) is 4.18. The number of rotatable bonds is 5. The molecule has 0 fully saturated rings. The number of hydrogen-bond acceptors (Lipinski definition) is 3. The molecule has 0 radical (unpaired) electrons. The Morgan fingerprint density at radius 3 is 2.43 bits per heavy atom. The molecule has 1 aliphatic heterocycles. The van der Waals surface area contributed by atoms with Crippen molar-refractivity contribution in [1.29, 1.82) is 0 Å². The van der Waals surface area contributed by atoms with Crippen LogP contribution >= 0.6 is 30.8 Å². The largest absolute Gasteiger partial charge is 0.345 e. The van der Waals surface area contributed by atoms with E-state index in [4.69, 9.17) is 23.2 Å². The number of carbonyl (C=O) groups excluding carboxylic acids is 1. The molecule has 0 bridgehead atoms. The lowest BCUT2D eigenvalue weighted by Crippen LogP contribution is -2.27. The van der Waals surface area contributed by atoms with E-state index < -0.39 is 24.9 Å². The molecular formula is C17H17Cl2N2O5PS. The highest BCUT2D eigenvalue weighted by Gasteiger charge is 2.28. The van der Waals surface area contributed by atoms with E-state index in [9.17, 15) is 23.4 Å². The summed E-state index contributed by atoms with van der Waals surface area (Å²) >= 11 is 11.9. The average Bonchev–Trinajstić information content (AvgIpc) is 3.00. The summed E-state index contributed by atoms with van der Waals surface area (Å²) in [6, 6.07) is 9.30. The molecule has 0 spiro atoms. The van der Waals surface area contributed by atoms with Gasteiger partial charge in [0.2, 0.25) is 5.91 Å². The smallest absolute Gasteiger partial charge is 0.323 e. The number of fused-ring (bicyclic) bond motifs is 1. The first-order chi connectivity index (χ1) is 13.0. The van der Waals surface area contributed by atoms with Crippen LogP contribution in [0.3, 0.4) is 0 Å². The molecule has 0 saturated heterocycles. The molecular weight excluding hydrogens is 446 g/mol. The number of amides is 1. The fourth-order valence-corrected chi connectivity index (χ4v) is 6.06. The van der Waals surface area contributed by atoms with E-state index in [1.54, 1.807) is 23.1 Å². The number of anilines is 2. The van der Waals surface area contributed by atoms with Crippen molar-refractivity contribution in [2.45, 2.75) is 18.2 Å². The van der Waals surface area contributed by atoms with Gasteiger partial charge in [-0.05, 0) is 48.4 Å². The zero-order valence-corrected chi connectivity index (χ0v) is 17.9. The zero-order chi connectivity index (χ0) is 20.6. The lowest BCUT2D eigenvalue weighted by atomic mass is 10.1. The highest BCUT2D eigenvalue weighted by molar-refractivity contribution is 7.87. The lowest BCUT2D eigenvalue weighted by Gasteiger charge is -2.25. The Hall–Kier alpha value is -1.41. The topological polar surface area (TPSA) is 98.2 Å². The molecule has 11 heteroatoms. The van der Waals surface area contributed by atoms with E-state index in [1.165, 1.54) is 25.1 Å². The maximum Gasteiger partial charge on any atom is 0.345 e. The Kier molecular flexibility index (Phi) is 6.20. The fraction of sp³-hybridized carbons (Fsp3) is 0.235. The molecule has 2 aromatic carbocycles. The van der Waals surface area contributed by atoms with Crippen molar-refractivity contribution in [2.24, 2.45) is 0 Å². The monoisotopic (exact) mass is 462 g/mol. The molecule has 0 saturated carbocycles. The Balaban J connectivity index is 2.03. The molecule has 0 aromatic heterocycles. The Morgan fingerprint density at radius 2 is 1.86 bits per heavy atom. The summed E-state index contributed by atoms with van der Waals surface area (Å²) < 4.78 is 25.9. The van der Waals surface area contributed by atoms with Crippen LogP contribution in [0.2, 0.25) is 10.0 Å². The van der Waals surface area contributed by atoms with Crippen LogP contribution in [-0.4, -0.2) is 32.7 Å². The molecule has 1 atom stereocenters. The molecule has 1 amide bonds. The molecule has 1 aliphatic rings. The normalized spacial score (nSPS) is 14.7. The molecule has 7 nitrogen and oxygen atoms in total. The summed E-state index contributed by atoms with van der Waals surface area (Å²) in [5.74, 6) is -0.0873. The van der Waals surface area contributed by atoms with Crippen LogP contribution in [0.15, 0.2) is 41.3 Å². The van der Waals surface area contributed by atoms with E-state index >= 15 is 0 Å². The average molecular weight is 463 g/mol. The molecule has 28 heavy (non-hydrogen) atoms. The summed E-state index contributed by atoms with van der Waals surface area (Å²) in [7, 11) is -6.49. The number of nitrogens with zero attached hydrogens (tertiary/aromatic N) is 2. The Bertz CT molecular complexity index is 993. The first-order valence-corrected chi connectivity index (χ1v) is 11.8. The van der Waals surface area contributed by atoms with Crippen molar-refractivity contribution in [3.8, 4) is 0 Å². The van der Waals surface area contributed by atoms with E-state index in [0.29, 0.717) is 18.7 Å². The first kappa shape index (κ1) is 21.3. The van der Waals surface area contributed by atoms with E-state index in [0.717, 1.165) is 15.6 Å². The van der Waals surface area contributed by atoms with Crippen LogP contribution in [0.25, 0.3) is 0 Å². The standard InChI is InChI=1S/C17H17Cl2N2O5PS/c1-11(22)20-5-4-12-6-15(2-3-17(12)20)21(10-27(23,24)25)28(26)16-8-13(18)7-14(19)9-16/h2-3,6-9H,4-5,10H2,1H3,(H2,23,24,25). The van der Waals surface area contributed by atoms with Crippen LogP contribution in [-0.2, 0) is 26.8 Å². The van der Waals surface area contributed by atoms with Crippen molar-refractivity contribution >= 4 is 59.1 Å². The predicted octanol–water partition coefficient (Wildman–Crippen LogP) is 3.57. The molecule has 150 valence electrons. The van der Waals surface area contributed by atoms with Gasteiger partial charge in [0.25, 0.3) is 0 Å². The molecule has 1 heterocycles. The lowest BCUT2D eigenvalue weighted by molar-refractivity contribution is -0.116. The SMILES string of the molecule is CC(=O)N1CCc2cc(N(CP(=O)(O)O)S(=O)c3cc(Cl)cc(Cl)c3)ccc21. The van der Waals surface area contributed by atoms with Crippen LogP contribution in [0.1, 0.15) is 12.5 Å². The van der Waals surface area contributed by atoms with Gasteiger partial charge in [0.05, 0.1) is 10.6 Å². The van der Waals surface area contributed by atoms with Gasteiger partial charge >= 0.3 is 7.60 Å². The van der Waals surface area contributed by atoms with E-state index in [-0.39, 0.29) is 20.8 Å². The van der Waals surface area contributed by atoms with E-state index in [2.05, 4.69) is 0 Å². The highest BCUT2D eigenvalue weighted by atomic mass is 35.5. The van der Waals surface area contributed by atoms with Crippen LogP contribution < -0.4 is 9.21 Å². The maximum absolute atomic E-state index is 13.1. The van der Waals surface area contributed by atoms with Gasteiger partial charge in [-0.2, -0.15) is 0 Å². The molecule has 2 aromatic rings. The van der Waals surface area contributed by atoms with Crippen LogP contribution in [0.5, 0.6) is 0 Å². The fourth-order valence-electron chi connectivity index (χ4n) is 3.02. The van der Waals surface area contributed by atoms with Gasteiger partial charge in [-0.15, -0.1) is 0 Å². The van der Waals surface area contributed by atoms with Gasteiger partial charge in [-0.3, -0.25) is 13.7 Å². The number of hydrogen-bond donors (Lipinski definition) is 2. The Morgan fingerprint density at radius 1 is 1.21 bits per heavy atom. The quantitative estimate of drug-likeness (QED) is 0.661.